The Kier molecular flexibility index (Phi) is 5.78. The molecule has 3 aliphatic heterocycles. The van der Waals surface area contributed by atoms with Gasteiger partial charge < -0.3 is 23.8 Å². The minimum absolute atomic E-state index is 0.791. The first kappa shape index (κ1) is 27.1. The van der Waals surface area contributed by atoms with Crippen molar-refractivity contribution in [1.82, 2.24) is 0 Å². The fourth-order valence-corrected chi connectivity index (χ4v) is 10.3. The van der Waals surface area contributed by atoms with E-state index in [-0.39, 0.29) is 0 Å². The van der Waals surface area contributed by atoms with Crippen molar-refractivity contribution in [3.8, 4) is 34.1 Å². The van der Waals surface area contributed by atoms with Gasteiger partial charge in [0.1, 0.15) is 0 Å². The van der Waals surface area contributed by atoms with Gasteiger partial charge in [0.05, 0.1) is 22.7 Å². The summed E-state index contributed by atoms with van der Waals surface area (Å²) in [4.78, 5) is 4.47. The molecule has 228 valence electrons. The molecule has 0 N–H and O–H groups in total. The van der Waals surface area contributed by atoms with E-state index in [9.17, 15) is 0 Å². The second-order valence-electron chi connectivity index (χ2n) is 12.1. The highest BCUT2D eigenvalue weighted by molar-refractivity contribution is 7.86. The average Bonchev–Trinajstić information content (AvgIpc) is 3.40. The van der Waals surface area contributed by atoms with E-state index in [1.165, 1.54) is 0 Å². The molecule has 0 bridgehead atoms. The predicted octanol–water partition coefficient (Wildman–Crippen LogP) is 10.5. The van der Waals surface area contributed by atoms with Gasteiger partial charge in [-0.2, -0.15) is 0 Å². The van der Waals surface area contributed by atoms with Crippen LogP contribution in [-0.2, 0) is 4.57 Å². The summed E-state index contributed by atoms with van der Waals surface area (Å²) in [5, 5.41) is 2.53. The monoisotopic (exact) mass is 638 g/mol. The first-order valence-corrected chi connectivity index (χ1v) is 17.7. The lowest BCUT2D eigenvalue weighted by Crippen LogP contribution is -2.21. The molecule has 7 aromatic carbocycles. The van der Waals surface area contributed by atoms with Crippen LogP contribution in [0.4, 0.5) is 34.1 Å². The van der Waals surface area contributed by atoms with Crippen LogP contribution >= 0.6 is 7.14 Å². The molecule has 0 atom stereocenters. The molecule has 3 aliphatic rings. The summed E-state index contributed by atoms with van der Waals surface area (Å²) in [6, 6.07) is 55.0. The van der Waals surface area contributed by atoms with E-state index < -0.39 is 7.14 Å². The molecule has 7 aromatic rings. The summed E-state index contributed by atoms with van der Waals surface area (Å²) in [6.07, 6.45) is 0. The first-order valence-electron chi connectivity index (χ1n) is 16.0. The van der Waals surface area contributed by atoms with E-state index in [2.05, 4.69) is 70.5 Å². The van der Waals surface area contributed by atoms with Crippen LogP contribution in [0, 0.1) is 0 Å². The van der Waals surface area contributed by atoms with Crippen LogP contribution < -0.4 is 35.2 Å². The van der Waals surface area contributed by atoms with E-state index >= 15 is 4.57 Å². The predicted molar refractivity (Wildman–Crippen MR) is 194 cm³/mol. The normalized spacial score (nSPS) is 14.3. The van der Waals surface area contributed by atoms with E-state index in [0.29, 0.717) is 0 Å². The first-order chi connectivity index (χ1) is 23.7. The molecule has 6 heteroatoms. The van der Waals surface area contributed by atoms with E-state index in [4.69, 9.17) is 9.47 Å². The smallest absolute Gasteiger partial charge is 0.172 e. The summed E-state index contributed by atoms with van der Waals surface area (Å²) in [6.45, 7) is 0. The van der Waals surface area contributed by atoms with Gasteiger partial charge in [0.15, 0.2) is 30.1 Å². The number of rotatable bonds is 3. The maximum atomic E-state index is 15.6. The van der Waals surface area contributed by atoms with Gasteiger partial charge in [-0.3, -0.25) is 0 Å². The average molecular weight is 639 g/mol. The van der Waals surface area contributed by atoms with Gasteiger partial charge >= 0.3 is 0 Å². The number of para-hydroxylation sites is 8. The molecule has 0 saturated carbocycles. The van der Waals surface area contributed by atoms with Crippen LogP contribution in [-0.4, -0.2) is 0 Å². The van der Waals surface area contributed by atoms with Crippen molar-refractivity contribution >= 4 is 57.2 Å². The molecule has 3 heterocycles. The molecule has 0 fully saturated rings. The van der Waals surface area contributed by atoms with Crippen molar-refractivity contribution in [3.63, 3.8) is 0 Å². The van der Waals surface area contributed by atoms with Crippen molar-refractivity contribution in [2.24, 2.45) is 0 Å². The lowest BCUT2D eigenvalue weighted by atomic mass is 10.0. The maximum Gasteiger partial charge on any atom is 0.172 e. The number of anilines is 6. The van der Waals surface area contributed by atoms with Gasteiger partial charge in [-0.25, -0.2) is 0 Å². The van der Waals surface area contributed by atoms with Gasteiger partial charge in [-0.05, 0) is 96.1 Å². The molecular weight excluding hydrogens is 611 g/mol. The number of hydrogen-bond donors (Lipinski definition) is 0. The van der Waals surface area contributed by atoms with Crippen LogP contribution in [0.1, 0.15) is 0 Å². The quantitative estimate of drug-likeness (QED) is 0.180. The van der Waals surface area contributed by atoms with Gasteiger partial charge in [0.2, 0.25) is 0 Å². The molecule has 0 unspecified atom stereocenters. The van der Waals surface area contributed by atoms with Gasteiger partial charge in [0, 0.05) is 27.3 Å². The Morgan fingerprint density at radius 2 is 0.750 bits per heavy atom. The molecule has 0 amide bonds. The van der Waals surface area contributed by atoms with Crippen molar-refractivity contribution in [2.75, 3.05) is 9.80 Å². The summed E-state index contributed by atoms with van der Waals surface area (Å²) in [7, 11) is -3.17. The third-order valence-electron chi connectivity index (χ3n) is 9.43. The third-order valence-corrected chi connectivity index (χ3v) is 12.6. The molecule has 0 aromatic heterocycles. The summed E-state index contributed by atoms with van der Waals surface area (Å²) in [5.74, 6) is 3.16. The molecular formula is C42H27N2O3P. The minimum atomic E-state index is -3.17. The Balaban J connectivity index is 1.21. The van der Waals surface area contributed by atoms with E-state index in [1.54, 1.807) is 0 Å². The zero-order chi connectivity index (χ0) is 31.8. The Morgan fingerprint density at radius 1 is 0.396 bits per heavy atom. The Morgan fingerprint density at radius 3 is 1.15 bits per heavy atom. The number of ether oxygens (including phenoxy) is 2. The topological polar surface area (TPSA) is 42.0 Å². The molecule has 0 radical (unpaired) electrons. The largest absolute Gasteiger partial charge is 0.453 e. The fraction of sp³-hybridized carbons (Fsp3) is 0. The second kappa shape index (κ2) is 10.2. The van der Waals surface area contributed by atoms with Crippen LogP contribution in [0.3, 0.4) is 0 Å². The molecule has 48 heavy (non-hydrogen) atoms. The fourth-order valence-electron chi connectivity index (χ4n) is 7.32. The summed E-state index contributed by atoms with van der Waals surface area (Å²) < 4.78 is 28.2. The minimum Gasteiger partial charge on any atom is -0.453 e. The summed E-state index contributed by atoms with van der Waals surface area (Å²) >= 11 is 0. The van der Waals surface area contributed by atoms with Gasteiger partial charge in [-0.15, -0.1) is 0 Å². The molecule has 5 nitrogen and oxygen atoms in total. The molecule has 0 aliphatic carbocycles. The number of hydrogen-bond acceptors (Lipinski definition) is 5. The molecule has 10 rings (SSSR count). The maximum absolute atomic E-state index is 15.6. The van der Waals surface area contributed by atoms with Crippen molar-refractivity contribution in [2.45, 2.75) is 0 Å². The standard InChI is InChI=1S/C42H27N2O3P/c45-48(30-12-2-1-3-13-30)41-24-22-28(43-33-14-4-8-18-37(33)46-38-19-9-5-15-34(38)43)26-31(41)32-27-29(23-25-42(32)48)44-35-16-6-10-20-39(35)47-40-21-11-7-17-36(40)44/h1-27H. The highest BCUT2D eigenvalue weighted by Crippen LogP contribution is 2.57. The van der Waals surface area contributed by atoms with Gasteiger partial charge in [-0.1, -0.05) is 78.9 Å². The lowest BCUT2D eigenvalue weighted by Gasteiger charge is -2.33. The SMILES string of the molecule is O=P1(c2ccccc2)c2ccc(N3c4ccccc4Oc4ccccc43)cc2-c2cc(N3c4ccccc4Oc4ccccc43)ccc21. The Bertz CT molecular complexity index is 2240. The van der Waals surface area contributed by atoms with Gasteiger partial charge in [0.25, 0.3) is 0 Å². The van der Waals surface area contributed by atoms with E-state index in [0.717, 1.165) is 84.2 Å². The van der Waals surface area contributed by atoms with Crippen molar-refractivity contribution in [3.05, 3.63) is 164 Å². The Hall–Kier alpha value is -6.03. The van der Waals surface area contributed by atoms with Crippen LogP contribution in [0.15, 0.2) is 164 Å². The van der Waals surface area contributed by atoms with Crippen LogP contribution in [0.25, 0.3) is 11.1 Å². The van der Waals surface area contributed by atoms with Crippen LogP contribution in [0.5, 0.6) is 23.0 Å². The third kappa shape index (κ3) is 3.83. The Labute approximate surface area is 278 Å². The van der Waals surface area contributed by atoms with Crippen molar-refractivity contribution < 1.29 is 14.0 Å². The zero-order valence-corrected chi connectivity index (χ0v) is 26.5. The number of fused-ring (bicyclic) bond motifs is 7. The zero-order valence-electron chi connectivity index (χ0n) is 25.7. The second-order valence-corrected chi connectivity index (χ2v) is 14.8. The molecule has 0 spiro atoms. The lowest BCUT2D eigenvalue weighted by molar-refractivity contribution is 0.476. The number of benzene rings is 7. The highest BCUT2D eigenvalue weighted by atomic mass is 31.2. The molecule has 0 saturated heterocycles. The van der Waals surface area contributed by atoms with Crippen LogP contribution in [0.2, 0.25) is 0 Å². The number of nitrogens with zero attached hydrogens (tertiary/aromatic N) is 2. The van der Waals surface area contributed by atoms with Crippen molar-refractivity contribution in [1.29, 1.82) is 0 Å². The highest BCUT2D eigenvalue weighted by Gasteiger charge is 2.41. The van der Waals surface area contributed by atoms with E-state index in [1.807, 2.05) is 103 Å². The summed E-state index contributed by atoms with van der Waals surface area (Å²) in [5.41, 5.74) is 7.69.